The van der Waals surface area contributed by atoms with Crippen molar-refractivity contribution in [3.05, 3.63) is 59.9 Å². The minimum Gasteiger partial charge on any atom is -0.457 e. The molecule has 0 aliphatic rings. The second-order valence-corrected chi connectivity index (χ2v) is 4.57. The van der Waals surface area contributed by atoms with Crippen molar-refractivity contribution in [2.75, 3.05) is 5.73 Å². The third kappa shape index (κ3) is 2.33. The smallest absolute Gasteiger partial charge is 0.136 e. The molecule has 0 atom stereocenters. The summed E-state index contributed by atoms with van der Waals surface area (Å²) < 4.78 is 5.85. The molecule has 0 radical (unpaired) electrons. The van der Waals surface area contributed by atoms with E-state index in [0.717, 1.165) is 22.3 Å². The molecule has 4 heteroatoms. The van der Waals surface area contributed by atoms with E-state index >= 15 is 0 Å². The number of anilines is 1. The second-order valence-electron chi connectivity index (χ2n) is 4.13. The number of nitrogens with two attached hydrogens (primary N) is 1. The van der Waals surface area contributed by atoms with Gasteiger partial charge in [-0.25, -0.2) is 0 Å². The highest BCUT2D eigenvalue weighted by atomic mass is 35.5. The minimum absolute atomic E-state index is 0.677. The summed E-state index contributed by atoms with van der Waals surface area (Å²) in [4.78, 5) is 4.11. The Balaban J connectivity index is 2.06. The SMILES string of the molecule is Nc1ccc(Oc2ccc(Cl)cc2)c2cnccc12. The Kier molecular flexibility index (Phi) is 2.97. The van der Waals surface area contributed by atoms with Gasteiger partial charge in [0.1, 0.15) is 11.5 Å². The highest BCUT2D eigenvalue weighted by Gasteiger charge is 2.06. The number of pyridine rings is 1. The number of aromatic nitrogens is 1. The van der Waals surface area contributed by atoms with E-state index in [1.165, 1.54) is 0 Å². The maximum absolute atomic E-state index is 5.94. The van der Waals surface area contributed by atoms with Gasteiger partial charge in [0.15, 0.2) is 0 Å². The lowest BCUT2D eigenvalue weighted by Gasteiger charge is -2.10. The van der Waals surface area contributed by atoms with E-state index in [1.807, 2.05) is 30.3 Å². The maximum atomic E-state index is 5.94. The molecule has 3 aromatic rings. The number of fused-ring (bicyclic) bond motifs is 1. The minimum atomic E-state index is 0.677. The lowest BCUT2D eigenvalue weighted by molar-refractivity contribution is 0.488. The molecule has 1 heterocycles. The average Bonchev–Trinajstić information content (AvgIpc) is 2.45. The number of halogens is 1. The van der Waals surface area contributed by atoms with Crippen molar-refractivity contribution in [1.82, 2.24) is 4.98 Å². The molecule has 0 saturated carbocycles. The van der Waals surface area contributed by atoms with Crippen LogP contribution in [0.5, 0.6) is 11.5 Å². The summed E-state index contributed by atoms with van der Waals surface area (Å²) in [6, 6.07) is 12.8. The first-order valence-corrected chi connectivity index (χ1v) is 6.17. The average molecular weight is 271 g/mol. The molecule has 0 unspecified atom stereocenters. The number of nitrogens with zero attached hydrogens (tertiary/aromatic N) is 1. The summed E-state index contributed by atoms with van der Waals surface area (Å²) in [5.74, 6) is 1.44. The van der Waals surface area contributed by atoms with Crippen LogP contribution < -0.4 is 10.5 Å². The molecule has 2 aromatic carbocycles. The molecule has 0 aliphatic carbocycles. The first-order valence-electron chi connectivity index (χ1n) is 5.80. The van der Waals surface area contributed by atoms with Gasteiger partial charge in [0.05, 0.1) is 0 Å². The summed E-state index contributed by atoms with van der Waals surface area (Å²) >= 11 is 5.85. The summed E-state index contributed by atoms with van der Waals surface area (Å²) in [5, 5.41) is 2.50. The lowest BCUT2D eigenvalue weighted by Crippen LogP contribution is -1.91. The normalized spacial score (nSPS) is 10.6. The van der Waals surface area contributed by atoms with Crippen molar-refractivity contribution in [3.8, 4) is 11.5 Å². The fourth-order valence-electron chi connectivity index (χ4n) is 1.91. The number of hydrogen-bond donors (Lipinski definition) is 1. The van der Waals surface area contributed by atoms with Gasteiger partial charge in [0.25, 0.3) is 0 Å². The van der Waals surface area contributed by atoms with Gasteiger partial charge in [-0.2, -0.15) is 0 Å². The van der Waals surface area contributed by atoms with Crippen molar-refractivity contribution in [2.24, 2.45) is 0 Å². The Morgan fingerprint density at radius 3 is 2.53 bits per heavy atom. The van der Waals surface area contributed by atoms with E-state index in [9.17, 15) is 0 Å². The van der Waals surface area contributed by atoms with Crippen LogP contribution >= 0.6 is 11.6 Å². The van der Waals surface area contributed by atoms with Crippen LogP contribution in [0.25, 0.3) is 10.8 Å². The highest BCUT2D eigenvalue weighted by molar-refractivity contribution is 6.30. The van der Waals surface area contributed by atoms with E-state index in [1.54, 1.807) is 24.5 Å². The zero-order valence-corrected chi connectivity index (χ0v) is 10.8. The van der Waals surface area contributed by atoms with E-state index in [-0.39, 0.29) is 0 Å². The van der Waals surface area contributed by atoms with Gasteiger partial charge in [0.2, 0.25) is 0 Å². The quantitative estimate of drug-likeness (QED) is 0.708. The Labute approximate surface area is 115 Å². The van der Waals surface area contributed by atoms with Crippen LogP contribution in [-0.4, -0.2) is 4.98 Å². The van der Waals surface area contributed by atoms with Gasteiger partial charge >= 0.3 is 0 Å². The van der Waals surface area contributed by atoms with Crippen molar-refractivity contribution >= 4 is 28.1 Å². The van der Waals surface area contributed by atoms with E-state index in [2.05, 4.69) is 4.98 Å². The Hall–Kier alpha value is -2.26. The standard InChI is InChI=1S/C15H11ClN2O/c16-10-1-3-11(4-2-10)19-15-6-5-14(17)12-7-8-18-9-13(12)15/h1-9H,17H2. The Morgan fingerprint density at radius 1 is 0.947 bits per heavy atom. The van der Waals surface area contributed by atoms with Crippen LogP contribution in [0.1, 0.15) is 0 Å². The first-order chi connectivity index (χ1) is 9.24. The topological polar surface area (TPSA) is 48.1 Å². The van der Waals surface area contributed by atoms with Gasteiger partial charge in [0, 0.05) is 33.9 Å². The van der Waals surface area contributed by atoms with Crippen molar-refractivity contribution in [3.63, 3.8) is 0 Å². The molecule has 0 bridgehead atoms. The maximum Gasteiger partial charge on any atom is 0.136 e. The highest BCUT2D eigenvalue weighted by Crippen LogP contribution is 2.32. The number of rotatable bonds is 2. The van der Waals surface area contributed by atoms with Crippen LogP contribution in [0.2, 0.25) is 5.02 Å². The third-order valence-corrected chi connectivity index (χ3v) is 3.11. The van der Waals surface area contributed by atoms with Crippen molar-refractivity contribution < 1.29 is 4.74 Å². The summed E-state index contributed by atoms with van der Waals surface area (Å²) in [6.45, 7) is 0. The molecule has 94 valence electrons. The van der Waals surface area contributed by atoms with Gasteiger partial charge in [-0.05, 0) is 42.5 Å². The molecule has 19 heavy (non-hydrogen) atoms. The number of ether oxygens (including phenoxy) is 1. The molecule has 0 saturated heterocycles. The lowest BCUT2D eigenvalue weighted by atomic mass is 10.1. The van der Waals surface area contributed by atoms with Gasteiger partial charge in [-0.1, -0.05) is 11.6 Å². The molecular weight excluding hydrogens is 260 g/mol. The summed E-state index contributed by atoms with van der Waals surface area (Å²) in [5.41, 5.74) is 6.65. The predicted molar refractivity (Wildman–Crippen MR) is 77.7 cm³/mol. The zero-order valence-electron chi connectivity index (χ0n) is 10.0. The van der Waals surface area contributed by atoms with Crippen molar-refractivity contribution in [1.29, 1.82) is 0 Å². The molecule has 3 nitrogen and oxygen atoms in total. The van der Waals surface area contributed by atoms with Crippen LogP contribution in [0.3, 0.4) is 0 Å². The monoisotopic (exact) mass is 270 g/mol. The van der Waals surface area contributed by atoms with Crippen LogP contribution in [0.15, 0.2) is 54.9 Å². The van der Waals surface area contributed by atoms with E-state index in [0.29, 0.717) is 10.7 Å². The molecule has 2 N–H and O–H groups in total. The molecular formula is C15H11ClN2O. The first kappa shape index (κ1) is 11.8. The Bertz CT molecular complexity index is 726. The largest absolute Gasteiger partial charge is 0.457 e. The Morgan fingerprint density at radius 2 is 1.74 bits per heavy atom. The third-order valence-electron chi connectivity index (χ3n) is 2.85. The van der Waals surface area contributed by atoms with Gasteiger partial charge < -0.3 is 10.5 Å². The van der Waals surface area contributed by atoms with Crippen molar-refractivity contribution in [2.45, 2.75) is 0 Å². The van der Waals surface area contributed by atoms with Crippen LogP contribution in [0, 0.1) is 0 Å². The molecule has 1 aromatic heterocycles. The van der Waals surface area contributed by atoms with Crippen LogP contribution in [0.4, 0.5) is 5.69 Å². The van der Waals surface area contributed by atoms with E-state index in [4.69, 9.17) is 22.1 Å². The van der Waals surface area contributed by atoms with Crippen LogP contribution in [-0.2, 0) is 0 Å². The molecule has 3 rings (SSSR count). The number of hydrogen-bond acceptors (Lipinski definition) is 3. The molecule has 0 spiro atoms. The number of benzene rings is 2. The molecule has 0 aliphatic heterocycles. The van der Waals surface area contributed by atoms with Gasteiger partial charge in [-0.15, -0.1) is 0 Å². The van der Waals surface area contributed by atoms with Gasteiger partial charge in [-0.3, -0.25) is 4.98 Å². The summed E-state index contributed by atoms with van der Waals surface area (Å²) in [7, 11) is 0. The zero-order chi connectivity index (χ0) is 13.2. The fourth-order valence-corrected chi connectivity index (χ4v) is 2.03. The number of nitrogen functional groups attached to an aromatic ring is 1. The summed E-state index contributed by atoms with van der Waals surface area (Å²) in [6.07, 6.45) is 3.46. The van der Waals surface area contributed by atoms with E-state index < -0.39 is 0 Å². The molecule has 0 fully saturated rings. The second kappa shape index (κ2) is 4.78. The predicted octanol–water partition coefficient (Wildman–Crippen LogP) is 4.26. The fraction of sp³-hybridized carbons (Fsp3) is 0. The molecule has 0 amide bonds.